The molecule has 0 unspecified atom stereocenters. The molecule has 0 saturated heterocycles. The summed E-state index contributed by atoms with van der Waals surface area (Å²) in [4.78, 5) is 37.8. The smallest absolute Gasteiger partial charge is 0.164 e. The number of hydrogen-bond acceptors (Lipinski definition) is 6. The molecule has 2 aliphatic carbocycles. The number of ketones is 2. The fraction of sp³-hybridized carbons (Fsp3) is 0.500. The fourth-order valence-electron chi connectivity index (χ4n) is 3.79. The van der Waals surface area contributed by atoms with Crippen LogP contribution in [0.2, 0.25) is 0 Å². The molecule has 2 aromatic carbocycles. The van der Waals surface area contributed by atoms with Crippen molar-refractivity contribution in [1.82, 2.24) is 0 Å². The van der Waals surface area contributed by atoms with Crippen LogP contribution in [0.25, 0.3) is 0 Å². The third kappa shape index (κ3) is 10.4. The van der Waals surface area contributed by atoms with E-state index in [1.807, 2.05) is 36.4 Å². The van der Waals surface area contributed by atoms with E-state index in [9.17, 15) is 14.5 Å². The Balaban J connectivity index is 0.000000201. The van der Waals surface area contributed by atoms with Gasteiger partial charge in [-0.1, -0.05) is 64.1 Å². The first kappa shape index (κ1) is 27.4. The van der Waals surface area contributed by atoms with Crippen molar-refractivity contribution < 1.29 is 14.4 Å². The summed E-state index contributed by atoms with van der Waals surface area (Å²) in [6, 6.07) is 18.3. The molecule has 0 aromatic heterocycles. The first-order chi connectivity index (χ1) is 16.1. The molecule has 34 heavy (non-hydrogen) atoms. The van der Waals surface area contributed by atoms with Gasteiger partial charge in [-0.15, -0.1) is 4.91 Å². The predicted molar refractivity (Wildman–Crippen MR) is 137 cm³/mol. The van der Waals surface area contributed by atoms with E-state index < -0.39 is 0 Å². The number of rotatable bonds is 4. The summed E-state index contributed by atoms with van der Waals surface area (Å²) in [5, 5.41) is 2.72. The van der Waals surface area contributed by atoms with Crippen LogP contribution in [0.4, 0.5) is 11.4 Å². The summed E-state index contributed by atoms with van der Waals surface area (Å²) in [6.07, 6.45) is 5.84. The minimum Gasteiger partial charge on any atom is -0.300 e. The van der Waals surface area contributed by atoms with Gasteiger partial charge in [-0.3, -0.25) is 19.9 Å². The molecular weight excluding hydrogens is 428 g/mol. The van der Waals surface area contributed by atoms with Crippen molar-refractivity contribution >= 4 is 22.9 Å². The van der Waals surface area contributed by atoms with Gasteiger partial charge in [0, 0.05) is 19.3 Å². The number of nitroso groups, excluding NO2 is 1. The molecule has 0 amide bonds. The van der Waals surface area contributed by atoms with E-state index >= 15 is 0 Å². The predicted octanol–water partition coefficient (Wildman–Crippen LogP) is 7.42. The number of anilines is 1. The molecular formula is C28H38N2O4. The van der Waals surface area contributed by atoms with Crippen molar-refractivity contribution in [3.05, 3.63) is 65.6 Å². The zero-order valence-electron chi connectivity index (χ0n) is 20.9. The van der Waals surface area contributed by atoms with Crippen LogP contribution in [0, 0.1) is 15.7 Å². The summed E-state index contributed by atoms with van der Waals surface area (Å²) >= 11 is 0. The monoisotopic (exact) mass is 466 g/mol. The van der Waals surface area contributed by atoms with Crippen LogP contribution in [0.15, 0.2) is 65.8 Å². The second-order valence-electron chi connectivity index (χ2n) is 10.5. The molecule has 6 nitrogen and oxygen atoms in total. The number of nitrogens with one attached hydrogen (secondary N) is 1. The highest BCUT2D eigenvalue weighted by Crippen LogP contribution is 2.35. The van der Waals surface area contributed by atoms with E-state index in [0.29, 0.717) is 23.3 Å². The van der Waals surface area contributed by atoms with Gasteiger partial charge in [-0.25, -0.2) is 0 Å². The van der Waals surface area contributed by atoms with Gasteiger partial charge in [-0.2, -0.15) is 0 Å². The fourth-order valence-corrected chi connectivity index (χ4v) is 3.79. The zero-order chi connectivity index (χ0) is 25.0. The molecule has 184 valence electrons. The van der Waals surface area contributed by atoms with E-state index in [-0.39, 0.29) is 17.3 Å². The van der Waals surface area contributed by atoms with Crippen LogP contribution in [0.3, 0.4) is 0 Å². The zero-order valence-corrected chi connectivity index (χ0v) is 20.9. The Labute approximate surface area is 203 Å². The molecule has 1 N–H and O–H groups in total. The quantitative estimate of drug-likeness (QED) is 0.374. The first-order valence-corrected chi connectivity index (χ1v) is 12.0. The molecule has 0 aliphatic heterocycles. The first-order valence-electron chi connectivity index (χ1n) is 12.0. The van der Waals surface area contributed by atoms with Crippen LogP contribution in [0.1, 0.15) is 72.6 Å². The van der Waals surface area contributed by atoms with Gasteiger partial charge < -0.3 is 0 Å². The second kappa shape index (κ2) is 13.1. The maximum absolute atomic E-state index is 11.7. The van der Waals surface area contributed by atoms with Gasteiger partial charge in [0.15, 0.2) is 5.78 Å². The highest BCUT2D eigenvalue weighted by atomic mass is 16.7. The lowest BCUT2D eigenvalue weighted by molar-refractivity contribution is -0.134. The Kier molecular flexibility index (Phi) is 10.6. The van der Waals surface area contributed by atoms with Gasteiger partial charge in [0.2, 0.25) is 0 Å². The van der Waals surface area contributed by atoms with Crippen LogP contribution in [-0.4, -0.2) is 17.7 Å². The van der Waals surface area contributed by atoms with E-state index in [1.165, 1.54) is 0 Å². The summed E-state index contributed by atoms with van der Waals surface area (Å²) in [5.41, 5.74) is 4.85. The Bertz CT molecular complexity index is 899. The third-order valence-corrected chi connectivity index (χ3v) is 6.26. The van der Waals surface area contributed by atoms with E-state index in [2.05, 4.69) is 38.4 Å². The summed E-state index contributed by atoms with van der Waals surface area (Å²) in [6.45, 7) is 8.83. The number of benzene rings is 2. The van der Waals surface area contributed by atoms with Crippen molar-refractivity contribution in [2.75, 3.05) is 5.48 Å². The van der Waals surface area contributed by atoms with Gasteiger partial charge >= 0.3 is 0 Å². The molecule has 2 aromatic rings. The third-order valence-electron chi connectivity index (χ3n) is 6.26. The molecule has 4 rings (SSSR count). The molecule has 2 fully saturated rings. The maximum atomic E-state index is 11.7. The average molecular weight is 467 g/mol. The molecule has 1 atom stereocenters. The topological polar surface area (TPSA) is 84.8 Å². The maximum Gasteiger partial charge on any atom is 0.164 e. The minimum absolute atomic E-state index is 0.191. The Morgan fingerprint density at radius 3 is 1.82 bits per heavy atom. The van der Waals surface area contributed by atoms with Gasteiger partial charge in [-0.05, 0) is 66.0 Å². The summed E-state index contributed by atoms with van der Waals surface area (Å²) in [5.74, 6) is 0.655. The molecule has 0 spiro atoms. The van der Waals surface area contributed by atoms with Crippen LogP contribution < -0.4 is 5.48 Å². The van der Waals surface area contributed by atoms with Crippen LogP contribution in [-0.2, 0) is 14.4 Å². The number of hydrogen-bond donors (Lipinski definition) is 1. The highest BCUT2D eigenvalue weighted by molar-refractivity contribution is 5.84. The average Bonchev–Trinajstić information content (AvgIpc) is 2.83. The lowest BCUT2D eigenvalue weighted by Gasteiger charge is -2.33. The molecule has 0 bridgehead atoms. The van der Waals surface area contributed by atoms with Gasteiger partial charge in [0.1, 0.15) is 17.6 Å². The number of carbonyl (C=O) groups excluding carboxylic acids is 2. The van der Waals surface area contributed by atoms with Crippen molar-refractivity contribution in [3.63, 3.8) is 0 Å². The van der Waals surface area contributed by atoms with Crippen molar-refractivity contribution in [2.24, 2.45) is 16.0 Å². The largest absolute Gasteiger partial charge is 0.300 e. The van der Waals surface area contributed by atoms with Crippen molar-refractivity contribution in [3.8, 4) is 0 Å². The van der Waals surface area contributed by atoms with Gasteiger partial charge in [0.25, 0.3) is 0 Å². The Morgan fingerprint density at radius 1 is 0.794 bits per heavy atom. The standard InChI is InChI=1S/C14H19NO2.C8H14O.C6H5NO/c1-14(2)9-8-12(16)13(10-14)17-15-11-6-4-3-5-7-11;1-8(2)5-3-7(9)4-6-8;8-7-6-4-2-1-3-5-6/h3-7,13,15H,8-10H2,1-2H3;3-6H2,1-2H3;1-5H/t13-;;/m0../s1. The van der Waals surface area contributed by atoms with Crippen molar-refractivity contribution in [2.45, 2.75) is 78.7 Å². The van der Waals surface area contributed by atoms with Crippen molar-refractivity contribution in [1.29, 1.82) is 0 Å². The lowest BCUT2D eigenvalue weighted by atomic mass is 9.75. The van der Waals surface area contributed by atoms with E-state index in [0.717, 1.165) is 44.2 Å². The SMILES string of the molecule is CC1(C)CCC(=O)CC1.CC1(C)CCC(=O)[C@@H](ONc2ccccc2)C1.O=Nc1ccccc1. The molecule has 6 heteroatoms. The van der Waals surface area contributed by atoms with E-state index in [1.54, 1.807) is 24.3 Å². The minimum atomic E-state index is -0.320. The highest BCUT2D eigenvalue weighted by Gasteiger charge is 2.34. The van der Waals surface area contributed by atoms with Crippen LogP contribution >= 0.6 is 0 Å². The summed E-state index contributed by atoms with van der Waals surface area (Å²) in [7, 11) is 0. The normalized spacial score (nSPS) is 20.6. The Morgan fingerprint density at radius 2 is 1.32 bits per heavy atom. The number of nitrogens with zero attached hydrogens (tertiary/aromatic N) is 1. The number of Topliss-reactive ketones (excluding diaryl/α,β-unsaturated/α-hetero) is 2. The Hall–Kier alpha value is -2.86. The number of para-hydroxylation sites is 1. The van der Waals surface area contributed by atoms with E-state index in [4.69, 9.17) is 4.84 Å². The van der Waals surface area contributed by atoms with Crippen LogP contribution in [0.5, 0.6) is 0 Å². The lowest BCUT2D eigenvalue weighted by Crippen LogP contribution is -2.37. The molecule has 0 radical (unpaired) electrons. The summed E-state index contributed by atoms with van der Waals surface area (Å²) < 4.78 is 0. The molecule has 0 heterocycles. The second-order valence-corrected chi connectivity index (χ2v) is 10.5. The van der Waals surface area contributed by atoms with Gasteiger partial charge in [0.05, 0.1) is 5.69 Å². The molecule has 2 saturated carbocycles. The number of carbonyl (C=O) groups is 2. The molecule has 2 aliphatic rings.